The van der Waals surface area contributed by atoms with Crippen LogP contribution in [0.15, 0.2) is 61.1 Å². The normalized spacial score (nSPS) is 21.1. The molecule has 29 heavy (non-hydrogen) atoms. The standard InChI is InChI=1S/C22H24N4O3/c1-15-3-8-21(23-13-15)29-18-6-4-17(5-7-18)22(28)25-19-11-16(12-20(19)27)14-26-10-2-9-24-26/h2-10,13,16,19-20,27H,11-12,14H2,1H3,(H,25,28)/t16?,19-,20-/m1/s1. The summed E-state index contributed by atoms with van der Waals surface area (Å²) in [6.45, 7) is 2.71. The van der Waals surface area contributed by atoms with Crippen molar-refractivity contribution >= 4 is 5.91 Å². The number of ether oxygens (including phenoxy) is 1. The molecule has 4 rings (SSSR count). The third-order valence-corrected chi connectivity index (χ3v) is 5.17. The highest BCUT2D eigenvalue weighted by molar-refractivity contribution is 5.94. The quantitative estimate of drug-likeness (QED) is 0.673. The lowest BCUT2D eigenvalue weighted by atomic mass is 10.1. The van der Waals surface area contributed by atoms with Gasteiger partial charge >= 0.3 is 0 Å². The van der Waals surface area contributed by atoms with Crippen LogP contribution in [-0.4, -0.2) is 37.9 Å². The molecule has 1 saturated carbocycles. The van der Waals surface area contributed by atoms with Crippen LogP contribution in [0.5, 0.6) is 11.6 Å². The van der Waals surface area contributed by atoms with Crippen molar-refractivity contribution in [3.8, 4) is 11.6 Å². The molecule has 1 aliphatic rings. The van der Waals surface area contributed by atoms with Gasteiger partial charge in [0.15, 0.2) is 0 Å². The van der Waals surface area contributed by atoms with E-state index in [1.54, 1.807) is 42.7 Å². The highest BCUT2D eigenvalue weighted by Gasteiger charge is 2.34. The van der Waals surface area contributed by atoms with Gasteiger partial charge < -0.3 is 15.2 Å². The molecule has 1 unspecified atom stereocenters. The van der Waals surface area contributed by atoms with Crippen molar-refractivity contribution in [3.63, 3.8) is 0 Å². The van der Waals surface area contributed by atoms with Crippen LogP contribution in [0.4, 0.5) is 0 Å². The average molecular weight is 392 g/mol. The monoisotopic (exact) mass is 392 g/mol. The SMILES string of the molecule is Cc1ccc(Oc2ccc(C(=O)N[C@@H]3CC(Cn4cccn4)C[C@H]3O)cc2)nc1. The van der Waals surface area contributed by atoms with Gasteiger partial charge in [-0.3, -0.25) is 9.48 Å². The Morgan fingerprint density at radius 2 is 2.07 bits per heavy atom. The van der Waals surface area contributed by atoms with Gasteiger partial charge in [-0.05, 0) is 61.6 Å². The molecule has 3 atom stereocenters. The lowest BCUT2D eigenvalue weighted by molar-refractivity contribution is 0.0872. The number of benzene rings is 1. The molecule has 0 bridgehead atoms. The predicted molar refractivity (Wildman–Crippen MR) is 108 cm³/mol. The van der Waals surface area contributed by atoms with E-state index >= 15 is 0 Å². The van der Waals surface area contributed by atoms with E-state index < -0.39 is 6.10 Å². The van der Waals surface area contributed by atoms with Gasteiger partial charge in [0.05, 0.1) is 12.1 Å². The first-order chi connectivity index (χ1) is 14.1. The van der Waals surface area contributed by atoms with E-state index in [4.69, 9.17) is 4.74 Å². The molecule has 0 spiro atoms. The number of amides is 1. The number of rotatable bonds is 6. The molecule has 0 saturated heterocycles. The van der Waals surface area contributed by atoms with Crippen LogP contribution in [0.3, 0.4) is 0 Å². The predicted octanol–water partition coefficient (Wildman–Crippen LogP) is 2.95. The summed E-state index contributed by atoms with van der Waals surface area (Å²) >= 11 is 0. The van der Waals surface area contributed by atoms with E-state index in [9.17, 15) is 9.90 Å². The first-order valence-corrected chi connectivity index (χ1v) is 9.74. The zero-order chi connectivity index (χ0) is 20.2. The molecular weight excluding hydrogens is 368 g/mol. The molecule has 0 aliphatic heterocycles. The van der Waals surface area contributed by atoms with Crippen LogP contribution in [-0.2, 0) is 6.54 Å². The van der Waals surface area contributed by atoms with Crippen molar-refractivity contribution in [1.29, 1.82) is 0 Å². The summed E-state index contributed by atoms with van der Waals surface area (Å²) < 4.78 is 7.56. The number of aromatic nitrogens is 3. The Morgan fingerprint density at radius 1 is 1.24 bits per heavy atom. The molecule has 2 N–H and O–H groups in total. The van der Waals surface area contributed by atoms with Gasteiger partial charge in [-0.25, -0.2) is 4.98 Å². The fourth-order valence-electron chi connectivity index (χ4n) is 3.66. The molecule has 1 aromatic carbocycles. The van der Waals surface area contributed by atoms with E-state index in [0.717, 1.165) is 18.5 Å². The number of nitrogens with one attached hydrogen (secondary N) is 1. The fourth-order valence-corrected chi connectivity index (χ4v) is 3.66. The number of hydrogen-bond donors (Lipinski definition) is 2. The summed E-state index contributed by atoms with van der Waals surface area (Å²) in [6, 6.07) is 12.3. The van der Waals surface area contributed by atoms with Crippen LogP contribution in [0.25, 0.3) is 0 Å². The molecule has 2 aromatic heterocycles. The van der Waals surface area contributed by atoms with Gasteiger partial charge in [0.1, 0.15) is 5.75 Å². The number of aliphatic hydroxyl groups excluding tert-OH is 1. The lowest BCUT2D eigenvalue weighted by Gasteiger charge is -2.16. The first kappa shape index (κ1) is 19.1. The minimum Gasteiger partial charge on any atom is -0.439 e. The molecular formula is C22H24N4O3. The first-order valence-electron chi connectivity index (χ1n) is 9.74. The molecule has 1 aliphatic carbocycles. The summed E-state index contributed by atoms with van der Waals surface area (Å²) in [6.07, 6.45) is 6.23. The third kappa shape index (κ3) is 4.81. The molecule has 1 amide bonds. The third-order valence-electron chi connectivity index (χ3n) is 5.17. The maximum Gasteiger partial charge on any atom is 0.251 e. The van der Waals surface area contributed by atoms with Gasteiger partial charge in [-0.15, -0.1) is 0 Å². The molecule has 1 fully saturated rings. The van der Waals surface area contributed by atoms with Crippen LogP contribution >= 0.6 is 0 Å². The minimum atomic E-state index is -0.547. The molecule has 7 heteroatoms. The zero-order valence-electron chi connectivity index (χ0n) is 16.2. The van der Waals surface area contributed by atoms with Gasteiger partial charge in [0, 0.05) is 36.8 Å². The second-order valence-corrected chi connectivity index (χ2v) is 7.51. The zero-order valence-corrected chi connectivity index (χ0v) is 16.2. The van der Waals surface area contributed by atoms with E-state index in [1.807, 2.05) is 29.9 Å². The molecule has 7 nitrogen and oxygen atoms in total. The summed E-state index contributed by atoms with van der Waals surface area (Å²) in [5.74, 6) is 1.20. The lowest BCUT2D eigenvalue weighted by Crippen LogP contribution is -2.39. The number of aryl methyl sites for hydroxylation is 1. The topological polar surface area (TPSA) is 89.3 Å². The summed E-state index contributed by atoms with van der Waals surface area (Å²) in [7, 11) is 0. The Kier molecular flexibility index (Phi) is 5.57. The van der Waals surface area contributed by atoms with Crippen molar-refractivity contribution in [1.82, 2.24) is 20.1 Å². The molecule has 150 valence electrons. The van der Waals surface area contributed by atoms with Crippen molar-refractivity contribution in [2.45, 2.75) is 38.5 Å². The maximum atomic E-state index is 12.6. The number of aliphatic hydroxyl groups is 1. The summed E-state index contributed by atoms with van der Waals surface area (Å²) in [5.41, 5.74) is 1.59. The van der Waals surface area contributed by atoms with Crippen LogP contribution in [0.2, 0.25) is 0 Å². The van der Waals surface area contributed by atoms with Crippen molar-refractivity contribution < 1.29 is 14.6 Å². The summed E-state index contributed by atoms with van der Waals surface area (Å²) in [5, 5.41) is 17.5. The van der Waals surface area contributed by atoms with Crippen molar-refractivity contribution in [2.75, 3.05) is 0 Å². The van der Waals surface area contributed by atoms with Crippen molar-refractivity contribution in [2.24, 2.45) is 5.92 Å². The highest BCUT2D eigenvalue weighted by Crippen LogP contribution is 2.28. The van der Waals surface area contributed by atoms with Gasteiger partial charge in [-0.1, -0.05) is 6.07 Å². The molecule has 3 aromatic rings. The maximum absolute atomic E-state index is 12.6. The van der Waals surface area contributed by atoms with Gasteiger partial charge in [0.25, 0.3) is 5.91 Å². The van der Waals surface area contributed by atoms with Crippen LogP contribution in [0, 0.1) is 12.8 Å². The minimum absolute atomic E-state index is 0.200. The Labute approximate surface area is 169 Å². The fraction of sp³-hybridized carbons (Fsp3) is 0.318. The van der Waals surface area contributed by atoms with E-state index in [-0.39, 0.29) is 17.9 Å². The molecule has 2 heterocycles. The van der Waals surface area contributed by atoms with Gasteiger partial charge in [0.2, 0.25) is 5.88 Å². The smallest absolute Gasteiger partial charge is 0.251 e. The average Bonchev–Trinajstić information content (AvgIpc) is 3.34. The number of carbonyl (C=O) groups is 1. The number of pyridine rings is 1. The van der Waals surface area contributed by atoms with E-state index in [0.29, 0.717) is 23.6 Å². The second-order valence-electron chi connectivity index (χ2n) is 7.51. The van der Waals surface area contributed by atoms with E-state index in [1.165, 1.54) is 0 Å². The number of nitrogens with zero attached hydrogens (tertiary/aromatic N) is 3. The van der Waals surface area contributed by atoms with Gasteiger partial charge in [-0.2, -0.15) is 5.10 Å². The second kappa shape index (κ2) is 8.45. The Balaban J connectivity index is 1.32. The Bertz CT molecular complexity index is 939. The van der Waals surface area contributed by atoms with E-state index in [2.05, 4.69) is 15.4 Å². The Hall–Kier alpha value is -3.19. The van der Waals surface area contributed by atoms with Crippen molar-refractivity contribution in [3.05, 3.63) is 72.2 Å². The highest BCUT2D eigenvalue weighted by atomic mass is 16.5. The van der Waals surface area contributed by atoms with Crippen LogP contribution in [0.1, 0.15) is 28.8 Å². The molecule has 0 radical (unpaired) electrons. The number of hydrogen-bond acceptors (Lipinski definition) is 5. The number of carbonyl (C=O) groups excluding carboxylic acids is 1. The Morgan fingerprint density at radius 3 is 2.76 bits per heavy atom. The largest absolute Gasteiger partial charge is 0.439 e. The van der Waals surface area contributed by atoms with Crippen LogP contribution < -0.4 is 10.1 Å². The summed E-state index contributed by atoms with van der Waals surface area (Å²) in [4.78, 5) is 16.8.